The maximum Gasteiger partial charge on any atom is 0.324 e. The molecule has 1 fully saturated rings. The van der Waals surface area contributed by atoms with Crippen molar-refractivity contribution in [3.05, 3.63) is 0 Å². The van der Waals surface area contributed by atoms with Gasteiger partial charge in [0, 0.05) is 6.54 Å². The van der Waals surface area contributed by atoms with Crippen LogP contribution in [-0.4, -0.2) is 48.8 Å². The van der Waals surface area contributed by atoms with E-state index in [1.165, 1.54) is 4.90 Å². The minimum Gasteiger partial charge on any atom is -0.314 e. The zero-order valence-corrected chi connectivity index (χ0v) is 10.4. The highest BCUT2D eigenvalue weighted by molar-refractivity contribution is 7.92. The maximum absolute atomic E-state index is 11.8. The summed E-state index contributed by atoms with van der Waals surface area (Å²) in [5, 5.41) is 2.10. The third kappa shape index (κ3) is 2.72. The maximum atomic E-state index is 11.8. The number of nitrogens with one attached hydrogen (secondary N) is 1. The van der Waals surface area contributed by atoms with Crippen molar-refractivity contribution in [3.63, 3.8) is 0 Å². The van der Waals surface area contributed by atoms with Crippen molar-refractivity contribution in [1.82, 2.24) is 10.2 Å². The van der Waals surface area contributed by atoms with E-state index in [9.17, 15) is 18.0 Å². The van der Waals surface area contributed by atoms with Crippen molar-refractivity contribution in [2.45, 2.75) is 25.5 Å². The van der Waals surface area contributed by atoms with Gasteiger partial charge in [0.15, 0.2) is 9.84 Å². The molecule has 3 amide bonds. The van der Waals surface area contributed by atoms with E-state index >= 15 is 0 Å². The summed E-state index contributed by atoms with van der Waals surface area (Å²) < 4.78 is 22.7. The summed E-state index contributed by atoms with van der Waals surface area (Å²) in [5.74, 6) is -0.518. The first-order chi connectivity index (χ1) is 7.13. The van der Waals surface area contributed by atoms with Gasteiger partial charge in [-0.05, 0) is 20.8 Å². The van der Waals surface area contributed by atoms with Crippen molar-refractivity contribution in [2.24, 2.45) is 0 Å². The van der Waals surface area contributed by atoms with Crippen molar-refractivity contribution in [3.8, 4) is 0 Å². The minimum atomic E-state index is -3.26. The van der Waals surface area contributed by atoms with Crippen LogP contribution in [0, 0.1) is 0 Å². The van der Waals surface area contributed by atoms with Gasteiger partial charge in [0.05, 0.1) is 10.5 Å². The number of carbonyl (C=O) groups is 2. The van der Waals surface area contributed by atoms with Crippen LogP contribution in [0.2, 0.25) is 0 Å². The predicted octanol–water partition coefficient (Wildman–Crippen LogP) is -0.248. The van der Waals surface area contributed by atoms with Crippen LogP contribution in [0.15, 0.2) is 0 Å². The van der Waals surface area contributed by atoms with E-state index in [0.29, 0.717) is 0 Å². The number of hydrogen-bond acceptors (Lipinski definition) is 4. The Morgan fingerprint density at radius 3 is 2.25 bits per heavy atom. The SMILES string of the molecule is CC(C)(C)S(=O)(=O)CCN1CC(=O)NC1=O. The fourth-order valence-corrected chi connectivity index (χ4v) is 2.27. The molecule has 1 N–H and O–H groups in total. The number of carbonyl (C=O) groups excluding carboxylic acids is 2. The fraction of sp³-hybridized carbons (Fsp3) is 0.778. The molecule has 92 valence electrons. The number of urea groups is 1. The minimum absolute atomic E-state index is 0.0528. The quantitative estimate of drug-likeness (QED) is 0.698. The summed E-state index contributed by atoms with van der Waals surface area (Å²) in [5.41, 5.74) is 0. The molecule has 6 nitrogen and oxygen atoms in total. The van der Waals surface area contributed by atoms with Crippen LogP contribution < -0.4 is 5.32 Å². The lowest BCUT2D eigenvalue weighted by Gasteiger charge is -2.21. The first-order valence-corrected chi connectivity index (χ1v) is 6.60. The van der Waals surface area contributed by atoms with E-state index in [2.05, 4.69) is 5.32 Å². The van der Waals surface area contributed by atoms with Gasteiger partial charge in [-0.2, -0.15) is 0 Å². The van der Waals surface area contributed by atoms with E-state index in [1.54, 1.807) is 20.8 Å². The van der Waals surface area contributed by atoms with Gasteiger partial charge in [-0.3, -0.25) is 10.1 Å². The van der Waals surface area contributed by atoms with Crippen molar-refractivity contribution in [1.29, 1.82) is 0 Å². The molecule has 0 spiro atoms. The molecule has 0 aromatic rings. The highest BCUT2D eigenvalue weighted by atomic mass is 32.2. The van der Waals surface area contributed by atoms with Gasteiger partial charge in [0.2, 0.25) is 5.91 Å². The Bertz CT molecular complexity index is 408. The second-order valence-electron chi connectivity index (χ2n) is 4.71. The average Bonchev–Trinajstić information content (AvgIpc) is 2.39. The van der Waals surface area contributed by atoms with Crippen LogP contribution in [-0.2, 0) is 14.6 Å². The topological polar surface area (TPSA) is 83.6 Å². The summed E-state index contributed by atoms with van der Waals surface area (Å²) in [6, 6.07) is -0.519. The first-order valence-electron chi connectivity index (χ1n) is 4.94. The molecule has 0 saturated carbocycles. The Balaban J connectivity index is 2.60. The molecular formula is C9H16N2O4S. The summed E-state index contributed by atoms with van der Waals surface area (Å²) in [4.78, 5) is 23.2. The molecule has 0 aliphatic carbocycles. The van der Waals surface area contributed by atoms with Gasteiger partial charge in [-0.1, -0.05) is 0 Å². The normalized spacial score (nSPS) is 17.8. The summed E-state index contributed by atoms with van der Waals surface area (Å²) >= 11 is 0. The molecule has 0 atom stereocenters. The number of nitrogens with zero attached hydrogens (tertiary/aromatic N) is 1. The lowest BCUT2D eigenvalue weighted by atomic mass is 10.3. The van der Waals surface area contributed by atoms with Crippen LogP contribution in [0.5, 0.6) is 0 Å². The van der Waals surface area contributed by atoms with Crippen molar-refractivity contribution >= 4 is 21.8 Å². The van der Waals surface area contributed by atoms with Crippen LogP contribution in [0.3, 0.4) is 0 Å². The summed E-state index contributed by atoms with van der Waals surface area (Å²) in [6.07, 6.45) is 0. The van der Waals surface area contributed by atoms with Gasteiger partial charge in [0.1, 0.15) is 6.54 Å². The predicted molar refractivity (Wildman–Crippen MR) is 58.7 cm³/mol. The molecular weight excluding hydrogens is 232 g/mol. The highest BCUT2D eigenvalue weighted by Crippen LogP contribution is 2.16. The number of rotatable bonds is 3. The second kappa shape index (κ2) is 4.04. The summed E-state index contributed by atoms with van der Waals surface area (Å²) in [7, 11) is -3.26. The van der Waals surface area contributed by atoms with Crippen LogP contribution in [0.4, 0.5) is 4.79 Å². The van der Waals surface area contributed by atoms with Gasteiger partial charge in [0.25, 0.3) is 0 Å². The number of imide groups is 1. The van der Waals surface area contributed by atoms with E-state index in [-0.39, 0.29) is 18.8 Å². The monoisotopic (exact) mass is 248 g/mol. The molecule has 1 saturated heterocycles. The fourth-order valence-electron chi connectivity index (χ4n) is 1.20. The molecule has 1 heterocycles. The molecule has 7 heteroatoms. The standard InChI is InChI=1S/C9H16N2O4S/c1-9(2,3)16(14,15)5-4-11-6-7(12)10-8(11)13/h4-6H2,1-3H3,(H,10,12,13). The Morgan fingerprint density at radius 1 is 1.31 bits per heavy atom. The Labute approximate surface area is 94.9 Å². The average molecular weight is 248 g/mol. The second-order valence-corrected chi connectivity index (χ2v) is 7.57. The van der Waals surface area contributed by atoms with Crippen LogP contribution in [0.1, 0.15) is 20.8 Å². The van der Waals surface area contributed by atoms with E-state index in [0.717, 1.165) is 0 Å². The first kappa shape index (κ1) is 13.0. The number of amides is 3. The molecule has 16 heavy (non-hydrogen) atoms. The molecule has 1 aliphatic heterocycles. The van der Waals surface area contributed by atoms with E-state index < -0.39 is 26.5 Å². The van der Waals surface area contributed by atoms with E-state index in [1.807, 2.05) is 0 Å². The van der Waals surface area contributed by atoms with Crippen LogP contribution in [0.25, 0.3) is 0 Å². The van der Waals surface area contributed by atoms with Crippen molar-refractivity contribution < 1.29 is 18.0 Å². The number of sulfone groups is 1. The largest absolute Gasteiger partial charge is 0.324 e. The smallest absolute Gasteiger partial charge is 0.314 e. The third-order valence-electron chi connectivity index (χ3n) is 2.43. The molecule has 0 bridgehead atoms. The molecule has 1 aliphatic rings. The molecule has 1 rings (SSSR count). The Hall–Kier alpha value is -1.11. The Kier molecular flexibility index (Phi) is 3.27. The lowest BCUT2D eigenvalue weighted by Crippen LogP contribution is -2.37. The Morgan fingerprint density at radius 2 is 1.88 bits per heavy atom. The lowest BCUT2D eigenvalue weighted by molar-refractivity contribution is -0.118. The molecule has 0 aromatic carbocycles. The van der Waals surface area contributed by atoms with Crippen LogP contribution >= 0.6 is 0 Å². The molecule has 0 unspecified atom stereocenters. The van der Waals surface area contributed by atoms with Gasteiger partial charge < -0.3 is 4.90 Å². The molecule has 0 radical (unpaired) electrons. The molecule has 0 aromatic heterocycles. The third-order valence-corrected chi connectivity index (χ3v) is 5.02. The van der Waals surface area contributed by atoms with Gasteiger partial charge in [-0.15, -0.1) is 0 Å². The van der Waals surface area contributed by atoms with E-state index in [4.69, 9.17) is 0 Å². The number of hydrogen-bond donors (Lipinski definition) is 1. The van der Waals surface area contributed by atoms with Gasteiger partial charge >= 0.3 is 6.03 Å². The van der Waals surface area contributed by atoms with Gasteiger partial charge in [-0.25, -0.2) is 13.2 Å². The zero-order chi connectivity index (χ0) is 12.6. The highest BCUT2D eigenvalue weighted by Gasteiger charge is 2.32. The van der Waals surface area contributed by atoms with Crippen molar-refractivity contribution in [2.75, 3.05) is 18.8 Å². The zero-order valence-electron chi connectivity index (χ0n) is 9.61. The summed E-state index contributed by atoms with van der Waals surface area (Å²) in [6.45, 7) is 4.82.